The minimum Gasteiger partial charge on any atom is -0.434 e. The number of ether oxygens (including phenoxy) is 3. The molecule has 1 spiro atoms. The van der Waals surface area contributed by atoms with Crippen LogP contribution in [0.3, 0.4) is 0 Å². The van der Waals surface area contributed by atoms with E-state index in [4.69, 9.17) is 25.8 Å². The number of rotatable bonds is 4. The number of aryl methyl sites for hydroxylation is 2. The molecule has 3 rings (SSSR count). The molecule has 6 nitrogen and oxygen atoms in total. The number of methoxy groups -OCH3 is 1. The zero-order valence-corrected chi connectivity index (χ0v) is 18.4. The molecule has 1 aliphatic heterocycles. The summed E-state index contributed by atoms with van der Waals surface area (Å²) in [4.78, 5) is 25.4. The van der Waals surface area contributed by atoms with Gasteiger partial charge in [-0.1, -0.05) is 11.6 Å². The van der Waals surface area contributed by atoms with Crippen molar-refractivity contribution < 1.29 is 23.8 Å². The molecule has 1 fully saturated rings. The first-order valence-electron chi connectivity index (χ1n) is 9.89. The van der Waals surface area contributed by atoms with Crippen molar-refractivity contribution in [1.29, 1.82) is 0 Å². The number of hydrogen-bond acceptors (Lipinski definition) is 5. The van der Waals surface area contributed by atoms with Crippen molar-refractivity contribution in [2.75, 3.05) is 13.7 Å². The second-order valence-corrected chi connectivity index (χ2v) is 8.53. The van der Waals surface area contributed by atoms with Gasteiger partial charge in [-0.2, -0.15) is 0 Å². The zero-order chi connectivity index (χ0) is 21.4. The summed E-state index contributed by atoms with van der Waals surface area (Å²) >= 11 is 6.18. The van der Waals surface area contributed by atoms with Crippen LogP contribution >= 0.6 is 11.6 Å². The van der Waals surface area contributed by atoms with E-state index in [1.165, 1.54) is 0 Å². The van der Waals surface area contributed by atoms with Gasteiger partial charge in [-0.25, -0.2) is 4.79 Å². The summed E-state index contributed by atoms with van der Waals surface area (Å²) in [7, 11) is 1.70. The highest BCUT2D eigenvalue weighted by molar-refractivity contribution is 6.31. The summed E-state index contributed by atoms with van der Waals surface area (Å²) in [5.41, 5.74) is 1.79. The van der Waals surface area contributed by atoms with Gasteiger partial charge in [-0.15, -0.1) is 0 Å². The molecule has 29 heavy (non-hydrogen) atoms. The molecule has 0 aromatic heterocycles. The number of hydrogen-bond donors (Lipinski definition) is 1. The third-order valence-corrected chi connectivity index (χ3v) is 6.31. The highest BCUT2D eigenvalue weighted by Gasteiger charge is 2.52. The first-order chi connectivity index (χ1) is 13.6. The molecule has 158 valence electrons. The average Bonchev–Trinajstić information content (AvgIpc) is 2.90. The third-order valence-electron chi connectivity index (χ3n) is 6.09. The maximum atomic E-state index is 13.2. The predicted octanol–water partition coefficient (Wildman–Crippen LogP) is 4.69. The first kappa shape index (κ1) is 21.7. The number of carbonyl (C=O) groups is 2. The van der Waals surface area contributed by atoms with Crippen LogP contribution in [-0.4, -0.2) is 36.9 Å². The van der Waals surface area contributed by atoms with Crippen LogP contribution in [-0.2, 0) is 19.0 Å². The Labute approximate surface area is 176 Å². The lowest BCUT2D eigenvalue weighted by Gasteiger charge is -2.42. The van der Waals surface area contributed by atoms with E-state index in [1.807, 2.05) is 13.8 Å². The Kier molecular flexibility index (Phi) is 5.97. The monoisotopic (exact) mass is 421 g/mol. The van der Waals surface area contributed by atoms with Gasteiger partial charge < -0.3 is 19.5 Å². The lowest BCUT2D eigenvalue weighted by molar-refractivity contribution is -0.117. The molecule has 0 saturated heterocycles. The molecule has 0 unspecified atom stereocenters. The van der Waals surface area contributed by atoms with Crippen LogP contribution in [0, 0.1) is 13.8 Å². The lowest BCUT2D eigenvalue weighted by Crippen LogP contribution is -2.51. The normalized spacial score (nSPS) is 26.6. The Morgan fingerprint density at radius 3 is 2.28 bits per heavy atom. The summed E-state index contributed by atoms with van der Waals surface area (Å²) in [6, 6.07) is 3.61. The smallest absolute Gasteiger partial charge is 0.434 e. The van der Waals surface area contributed by atoms with E-state index in [2.05, 4.69) is 12.2 Å². The molecule has 1 aliphatic carbocycles. The molecule has 1 saturated carbocycles. The minimum absolute atomic E-state index is 0.191. The van der Waals surface area contributed by atoms with Gasteiger partial charge in [0.25, 0.3) is 5.91 Å². The summed E-state index contributed by atoms with van der Waals surface area (Å²) in [6.07, 6.45) is 1.86. The fourth-order valence-corrected chi connectivity index (χ4v) is 4.68. The fourth-order valence-electron chi connectivity index (χ4n) is 4.35. The largest absolute Gasteiger partial charge is 0.513 e. The standard InChI is InChI=1S/C22H28ClNO5/c1-6-28-20(26)29-18-17(16-13(2)11-15(23)12-14(16)3)19(25)24-22(18)9-7-21(4,27-5)8-10-22/h11-12H,6-10H2,1-5H3,(H,24,25)/t21-,22-. The molecular weight excluding hydrogens is 394 g/mol. The van der Waals surface area contributed by atoms with E-state index in [0.717, 1.165) is 29.5 Å². The van der Waals surface area contributed by atoms with Crippen LogP contribution in [0.4, 0.5) is 4.79 Å². The SMILES string of the molecule is CCOC(=O)OC1=C(c2c(C)cc(Cl)cc2C)C(=O)N[C@]12CC[C@](C)(OC)CC2. The van der Waals surface area contributed by atoms with Crippen LogP contribution in [0.2, 0.25) is 5.02 Å². The summed E-state index contributed by atoms with van der Waals surface area (Å²) in [5, 5.41) is 3.71. The molecule has 0 bridgehead atoms. The van der Waals surface area contributed by atoms with Gasteiger partial charge in [0.2, 0.25) is 0 Å². The Bertz CT molecular complexity index is 845. The quantitative estimate of drug-likeness (QED) is 0.714. The third kappa shape index (κ3) is 4.01. The molecule has 1 aromatic carbocycles. The predicted molar refractivity (Wildman–Crippen MR) is 111 cm³/mol. The molecule has 1 aromatic rings. The second kappa shape index (κ2) is 8.00. The van der Waals surface area contributed by atoms with Gasteiger partial charge in [0, 0.05) is 12.1 Å². The molecule has 0 radical (unpaired) electrons. The van der Waals surface area contributed by atoms with E-state index in [1.54, 1.807) is 26.2 Å². The van der Waals surface area contributed by atoms with Crippen LogP contribution in [0.25, 0.3) is 5.57 Å². The van der Waals surface area contributed by atoms with Crippen molar-refractivity contribution in [3.8, 4) is 0 Å². The van der Waals surface area contributed by atoms with E-state index in [9.17, 15) is 9.59 Å². The molecule has 2 aliphatic rings. The summed E-state index contributed by atoms with van der Waals surface area (Å²) in [6.45, 7) is 7.74. The van der Waals surface area contributed by atoms with Gasteiger partial charge in [0.15, 0.2) is 0 Å². The van der Waals surface area contributed by atoms with Crippen molar-refractivity contribution in [1.82, 2.24) is 5.32 Å². The fraction of sp³-hybridized carbons (Fsp3) is 0.545. The number of benzene rings is 1. The second-order valence-electron chi connectivity index (χ2n) is 8.09. The maximum absolute atomic E-state index is 13.2. The number of carbonyl (C=O) groups excluding carboxylic acids is 2. The van der Waals surface area contributed by atoms with Crippen LogP contribution in [0.15, 0.2) is 17.9 Å². The van der Waals surface area contributed by atoms with Crippen molar-refractivity contribution in [2.24, 2.45) is 0 Å². The maximum Gasteiger partial charge on any atom is 0.513 e. The number of nitrogens with one attached hydrogen (secondary N) is 1. The van der Waals surface area contributed by atoms with Crippen LogP contribution in [0.1, 0.15) is 56.2 Å². The van der Waals surface area contributed by atoms with E-state index < -0.39 is 11.7 Å². The first-order valence-corrected chi connectivity index (χ1v) is 10.3. The van der Waals surface area contributed by atoms with E-state index in [-0.39, 0.29) is 18.1 Å². The Morgan fingerprint density at radius 1 is 1.17 bits per heavy atom. The molecule has 7 heteroatoms. The van der Waals surface area contributed by atoms with Gasteiger partial charge in [0.05, 0.1) is 23.3 Å². The number of amides is 1. The van der Waals surface area contributed by atoms with Crippen molar-refractivity contribution >= 4 is 29.2 Å². The lowest BCUT2D eigenvalue weighted by atomic mass is 9.73. The van der Waals surface area contributed by atoms with Crippen molar-refractivity contribution in [3.05, 3.63) is 39.6 Å². The summed E-state index contributed by atoms with van der Waals surface area (Å²) in [5.74, 6) is 0.0893. The van der Waals surface area contributed by atoms with Crippen LogP contribution in [0.5, 0.6) is 0 Å². The van der Waals surface area contributed by atoms with Gasteiger partial charge in [0.1, 0.15) is 5.76 Å². The van der Waals surface area contributed by atoms with Crippen molar-refractivity contribution in [2.45, 2.75) is 64.5 Å². The Hall–Kier alpha value is -2.05. The van der Waals surface area contributed by atoms with Gasteiger partial charge in [-0.05, 0) is 82.2 Å². The molecule has 0 atom stereocenters. The highest BCUT2D eigenvalue weighted by atomic mass is 35.5. The number of halogens is 1. The Balaban J connectivity index is 2.13. The molecular formula is C22H28ClNO5. The summed E-state index contributed by atoms with van der Waals surface area (Å²) < 4.78 is 16.4. The Morgan fingerprint density at radius 2 is 1.76 bits per heavy atom. The van der Waals surface area contributed by atoms with Gasteiger partial charge >= 0.3 is 6.16 Å². The molecule has 1 heterocycles. The average molecular weight is 422 g/mol. The minimum atomic E-state index is -0.805. The van der Waals surface area contributed by atoms with E-state index >= 15 is 0 Å². The molecule has 1 amide bonds. The molecule has 1 N–H and O–H groups in total. The van der Waals surface area contributed by atoms with E-state index in [0.29, 0.717) is 29.2 Å². The zero-order valence-electron chi connectivity index (χ0n) is 17.6. The topological polar surface area (TPSA) is 73.9 Å². The van der Waals surface area contributed by atoms with Gasteiger partial charge in [-0.3, -0.25) is 4.79 Å². The highest BCUT2D eigenvalue weighted by Crippen LogP contribution is 2.47. The van der Waals surface area contributed by atoms with Crippen LogP contribution < -0.4 is 5.32 Å². The van der Waals surface area contributed by atoms with Crippen molar-refractivity contribution in [3.63, 3.8) is 0 Å².